The Bertz CT molecular complexity index is 2440. The van der Waals surface area contributed by atoms with Crippen LogP contribution in [0.4, 0.5) is 22.9 Å². The van der Waals surface area contributed by atoms with Crippen molar-refractivity contribution in [1.29, 1.82) is 10.8 Å². The minimum absolute atomic E-state index is 0.00362. The van der Waals surface area contributed by atoms with Crippen molar-refractivity contribution < 1.29 is 14.4 Å². The lowest BCUT2D eigenvalue weighted by Gasteiger charge is -2.38. The summed E-state index contributed by atoms with van der Waals surface area (Å²) in [7, 11) is 0. The van der Waals surface area contributed by atoms with Crippen molar-refractivity contribution in [3.05, 3.63) is 113 Å². The summed E-state index contributed by atoms with van der Waals surface area (Å²) in [4.78, 5) is 49.1. The van der Waals surface area contributed by atoms with E-state index in [9.17, 15) is 14.4 Å². The smallest absolute Gasteiger partial charge is 0.286 e. The summed E-state index contributed by atoms with van der Waals surface area (Å²) in [6.45, 7) is 20.5. The highest BCUT2D eigenvalue weighted by Gasteiger charge is 2.27. The molecule has 0 radical (unpaired) electrons. The Hall–Kier alpha value is -6.54. The van der Waals surface area contributed by atoms with Gasteiger partial charge in [-0.05, 0) is 123 Å². The normalized spacial score (nSPS) is 17.3. The standard InChI is InChI=1S/C51H65N11O3/c1-32-27-37(8-9-38(32)30-56-49(64)47(54)59-50(65)51(4,5)6)45(52)42-29-39(31-55-46(42)53)36-10-12-40(13-11-36)62-25-23-60(24-26-62)20-17-35-18-21-61(22-19-35)41-14-16-43(33(2)28-41)58-44-15-7-34(3)57-48(44)63/h8-14,16,27-29,31,35,44,52,58H,3,7,15,17-26,30H2,1-2,4-6H3,(H2,53,55)(H,56,64)(H,57,63)(H2,54,59,65). The van der Waals surface area contributed by atoms with E-state index in [0.29, 0.717) is 11.1 Å². The second-order valence-corrected chi connectivity index (χ2v) is 18.9. The third-order valence-electron chi connectivity index (χ3n) is 13.1. The minimum atomic E-state index is -0.726. The molecule has 3 aliphatic rings. The van der Waals surface area contributed by atoms with Crippen LogP contribution in [-0.2, 0) is 20.9 Å². The van der Waals surface area contributed by atoms with Gasteiger partial charge < -0.3 is 36.8 Å². The molecular formula is C51H65N11O3. The van der Waals surface area contributed by atoms with Crippen molar-refractivity contribution in [2.75, 3.05) is 66.7 Å². The van der Waals surface area contributed by atoms with E-state index < -0.39 is 23.1 Å². The van der Waals surface area contributed by atoms with Crippen LogP contribution in [0.2, 0.25) is 0 Å². The molecule has 3 fully saturated rings. The van der Waals surface area contributed by atoms with Crippen LogP contribution < -0.4 is 36.8 Å². The lowest BCUT2D eigenvalue weighted by Crippen LogP contribution is -2.47. The van der Waals surface area contributed by atoms with E-state index in [1.165, 1.54) is 30.6 Å². The molecule has 7 rings (SSSR count). The molecule has 8 N–H and O–H groups in total. The van der Waals surface area contributed by atoms with Gasteiger partial charge in [0.2, 0.25) is 11.8 Å². The predicted molar refractivity (Wildman–Crippen MR) is 262 cm³/mol. The monoisotopic (exact) mass is 880 g/mol. The summed E-state index contributed by atoms with van der Waals surface area (Å²) < 4.78 is 0. The molecule has 3 amide bonds. The van der Waals surface area contributed by atoms with Crippen molar-refractivity contribution in [2.24, 2.45) is 11.3 Å². The van der Waals surface area contributed by atoms with E-state index in [4.69, 9.17) is 16.6 Å². The largest absolute Gasteiger partial charge is 0.383 e. The Balaban J connectivity index is 0.851. The molecule has 3 aliphatic heterocycles. The van der Waals surface area contributed by atoms with E-state index in [1.807, 2.05) is 31.2 Å². The number of hydrogen-bond acceptors (Lipinski definition) is 11. The van der Waals surface area contributed by atoms with Crippen molar-refractivity contribution >= 4 is 52.1 Å². The number of nitrogens with two attached hydrogens (primary N) is 1. The molecule has 342 valence electrons. The van der Waals surface area contributed by atoms with Gasteiger partial charge in [0, 0.05) is 96.9 Å². The number of amidine groups is 1. The van der Waals surface area contributed by atoms with Gasteiger partial charge in [0.15, 0.2) is 5.84 Å². The summed E-state index contributed by atoms with van der Waals surface area (Å²) >= 11 is 0. The molecule has 0 bridgehead atoms. The van der Waals surface area contributed by atoms with E-state index >= 15 is 0 Å². The van der Waals surface area contributed by atoms with E-state index in [1.54, 1.807) is 27.0 Å². The van der Waals surface area contributed by atoms with Gasteiger partial charge in [-0.1, -0.05) is 51.6 Å². The highest BCUT2D eigenvalue weighted by atomic mass is 16.2. The van der Waals surface area contributed by atoms with Crippen molar-refractivity contribution in [3.63, 3.8) is 0 Å². The molecule has 0 saturated carbocycles. The number of rotatable bonds is 12. The Morgan fingerprint density at radius 1 is 0.862 bits per heavy atom. The van der Waals surface area contributed by atoms with E-state index in [0.717, 1.165) is 104 Å². The number of carbonyl (C=O) groups is 3. The first-order chi connectivity index (χ1) is 31.0. The van der Waals surface area contributed by atoms with Gasteiger partial charge in [-0.15, -0.1) is 0 Å². The van der Waals surface area contributed by atoms with E-state index in [-0.39, 0.29) is 30.0 Å². The number of nitrogens with one attached hydrogen (secondary N) is 6. The van der Waals surface area contributed by atoms with Gasteiger partial charge in [0.05, 0.1) is 5.71 Å². The maximum Gasteiger partial charge on any atom is 0.286 e. The van der Waals surface area contributed by atoms with Crippen molar-refractivity contribution in [1.82, 2.24) is 25.8 Å². The second-order valence-electron chi connectivity index (χ2n) is 18.9. The van der Waals surface area contributed by atoms with E-state index in [2.05, 4.69) is 96.9 Å². The number of carbonyl (C=O) groups excluding carboxylic acids is 3. The number of nitrogen functional groups attached to an aromatic ring is 1. The lowest BCUT2D eigenvalue weighted by molar-refractivity contribution is -0.127. The third kappa shape index (κ3) is 11.6. The summed E-state index contributed by atoms with van der Waals surface area (Å²) in [5.41, 5.74) is 16.0. The molecule has 14 nitrogen and oxygen atoms in total. The molecule has 0 spiro atoms. The highest BCUT2D eigenvalue weighted by molar-refractivity contribution is 6.39. The summed E-state index contributed by atoms with van der Waals surface area (Å²) in [6, 6.07) is 22.3. The zero-order valence-electron chi connectivity index (χ0n) is 38.6. The SMILES string of the molecule is C=C1CCC(Nc2ccc(N3CCC(CCN4CCN(c5ccc(-c6cnc(N)c(C(=N)c7ccc(CNC(=O)C(=N)NC(=O)C(C)(C)C)c(C)c7)c6)cc5)CC4)CC3)cc2C)C(=O)N1. The maximum absolute atomic E-state index is 12.5. The minimum Gasteiger partial charge on any atom is -0.383 e. The molecular weight excluding hydrogens is 815 g/mol. The fourth-order valence-electron chi connectivity index (χ4n) is 8.71. The number of benzene rings is 3. The Kier molecular flexibility index (Phi) is 14.4. The number of piperazine rings is 1. The van der Waals surface area contributed by atoms with Crippen LogP contribution in [-0.4, -0.2) is 91.0 Å². The molecule has 1 unspecified atom stereocenters. The summed E-state index contributed by atoms with van der Waals surface area (Å²) in [6.07, 6.45) is 6.95. The number of aryl methyl sites for hydroxylation is 2. The van der Waals surface area contributed by atoms with Gasteiger partial charge in [-0.2, -0.15) is 0 Å². The Labute approximate surface area is 383 Å². The fraction of sp³-hybridized carbons (Fsp3) is 0.412. The zero-order valence-corrected chi connectivity index (χ0v) is 38.6. The van der Waals surface area contributed by atoms with Crippen LogP contribution >= 0.6 is 0 Å². The average Bonchev–Trinajstić information content (AvgIpc) is 3.29. The lowest BCUT2D eigenvalue weighted by atomic mass is 9.92. The number of piperidine rings is 2. The molecule has 1 aromatic heterocycles. The van der Waals surface area contributed by atoms with Crippen molar-refractivity contribution in [3.8, 4) is 11.1 Å². The van der Waals surface area contributed by atoms with Gasteiger partial charge >= 0.3 is 0 Å². The summed E-state index contributed by atoms with van der Waals surface area (Å²) in [5, 5.41) is 28.4. The number of aromatic nitrogens is 1. The van der Waals surface area contributed by atoms with Crippen LogP contribution in [0.1, 0.15) is 80.7 Å². The molecule has 3 aromatic carbocycles. The topological polar surface area (TPSA) is 196 Å². The number of allylic oxidation sites excluding steroid dienone is 1. The highest BCUT2D eigenvalue weighted by Crippen LogP contribution is 2.31. The van der Waals surface area contributed by atoms with Gasteiger partial charge in [0.25, 0.3) is 5.91 Å². The fourth-order valence-corrected chi connectivity index (χ4v) is 8.71. The van der Waals surface area contributed by atoms with Crippen LogP contribution in [0, 0.1) is 36.0 Å². The Morgan fingerprint density at radius 2 is 1.55 bits per heavy atom. The number of pyridine rings is 1. The number of hydrogen-bond donors (Lipinski definition) is 7. The van der Waals surface area contributed by atoms with Crippen LogP contribution in [0.25, 0.3) is 11.1 Å². The molecule has 65 heavy (non-hydrogen) atoms. The predicted octanol–water partition coefficient (Wildman–Crippen LogP) is 6.75. The molecule has 14 heteroatoms. The first-order valence-corrected chi connectivity index (χ1v) is 22.8. The first kappa shape index (κ1) is 46.5. The first-order valence-electron chi connectivity index (χ1n) is 22.8. The molecule has 4 heterocycles. The second kappa shape index (κ2) is 20.1. The van der Waals surface area contributed by atoms with Crippen LogP contribution in [0.3, 0.4) is 0 Å². The molecule has 0 aliphatic carbocycles. The Morgan fingerprint density at radius 3 is 2.22 bits per heavy atom. The average molecular weight is 880 g/mol. The summed E-state index contributed by atoms with van der Waals surface area (Å²) in [5.74, 6) is -0.579. The van der Waals surface area contributed by atoms with Gasteiger partial charge in [-0.25, -0.2) is 4.98 Å². The van der Waals surface area contributed by atoms with Gasteiger partial charge in [0.1, 0.15) is 11.9 Å². The quantitative estimate of drug-likeness (QED) is 0.0595. The molecule has 4 aromatic rings. The van der Waals surface area contributed by atoms with Crippen LogP contribution in [0.5, 0.6) is 0 Å². The third-order valence-corrected chi connectivity index (χ3v) is 13.1. The zero-order chi connectivity index (χ0) is 46.4. The van der Waals surface area contributed by atoms with Gasteiger partial charge in [-0.3, -0.25) is 30.1 Å². The number of anilines is 4. The molecule has 1 atom stereocenters. The number of amides is 3. The maximum atomic E-state index is 12.5. The van der Waals surface area contributed by atoms with Crippen molar-refractivity contribution in [2.45, 2.75) is 79.3 Å². The van der Waals surface area contributed by atoms with Crippen LogP contribution in [0.15, 0.2) is 85.2 Å². The number of nitrogens with zero attached hydrogens (tertiary/aromatic N) is 4. The molecule has 3 saturated heterocycles.